The minimum atomic E-state index is -0.117. The van der Waals surface area contributed by atoms with Crippen LogP contribution in [0.1, 0.15) is 25.7 Å². The fourth-order valence-corrected chi connectivity index (χ4v) is 1.51. The third-order valence-corrected chi connectivity index (χ3v) is 2.40. The van der Waals surface area contributed by atoms with E-state index in [0.29, 0.717) is 12.4 Å². The van der Waals surface area contributed by atoms with Crippen molar-refractivity contribution in [2.75, 3.05) is 5.32 Å². The monoisotopic (exact) mass is 233 g/mol. The van der Waals surface area contributed by atoms with Crippen molar-refractivity contribution in [1.82, 2.24) is 19.5 Å². The summed E-state index contributed by atoms with van der Waals surface area (Å²) in [5.41, 5.74) is -0.117. The molecule has 0 unspecified atom stereocenters. The summed E-state index contributed by atoms with van der Waals surface area (Å²) in [6.45, 7) is 4.37. The Hall–Kier alpha value is -2.11. The zero-order valence-electron chi connectivity index (χ0n) is 9.84. The van der Waals surface area contributed by atoms with E-state index in [9.17, 15) is 4.79 Å². The predicted octanol–water partition coefficient (Wildman–Crippen LogP) is 1.16. The Morgan fingerprint density at radius 2 is 2.24 bits per heavy atom. The Labute approximate surface area is 98.7 Å². The van der Waals surface area contributed by atoms with E-state index in [1.54, 1.807) is 29.4 Å². The lowest BCUT2D eigenvalue weighted by molar-refractivity contribution is 0.575. The molecular weight excluding hydrogens is 218 g/mol. The molecule has 0 radical (unpaired) electrons. The first-order chi connectivity index (χ1) is 8.18. The van der Waals surface area contributed by atoms with Gasteiger partial charge in [0.2, 0.25) is 0 Å². The molecule has 0 atom stereocenters. The summed E-state index contributed by atoms with van der Waals surface area (Å²) in [4.78, 5) is 23.0. The highest BCUT2D eigenvalue weighted by Crippen LogP contribution is 2.02. The highest BCUT2D eigenvalue weighted by atomic mass is 16.1. The number of aromatic nitrogens is 4. The number of anilines is 1. The molecule has 0 amide bonds. The van der Waals surface area contributed by atoms with Gasteiger partial charge in [-0.2, -0.15) is 0 Å². The van der Waals surface area contributed by atoms with Crippen molar-refractivity contribution in [2.45, 2.75) is 26.4 Å². The lowest BCUT2D eigenvalue weighted by Crippen LogP contribution is -2.25. The minimum Gasteiger partial charge on any atom is -0.358 e. The van der Waals surface area contributed by atoms with Crippen LogP contribution in [0.5, 0.6) is 0 Å². The van der Waals surface area contributed by atoms with E-state index in [1.807, 2.05) is 13.8 Å². The Morgan fingerprint density at radius 1 is 1.41 bits per heavy atom. The van der Waals surface area contributed by atoms with Gasteiger partial charge in [-0.3, -0.25) is 4.79 Å². The van der Waals surface area contributed by atoms with Gasteiger partial charge in [0.25, 0.3) is 5.56 Å². The maximum absolute atomic E-state index is 12.0. The van der Waals surface area contributed by atoms with Crippen LogP contribution in [0.4, 0.5) is 5.82 Å². The minimum absolute atomic E-state index is 0.117. The molecule has 0 saturated heterocycles. The quantitative estimate of drug-likeness (QED) is 0.830. The van der Waals surface area contributed by atoms with E-state index in [1.165, 1.54) is 0 Å². The average molecular weight is 233 g/mol. The lowest BCUT2D eigenvalue weighted by atomic mass is 10.4. The van der Waals surface area contributed by atoms with E-state index in [-0.39, 0.29) is 11.6 Å². The van der Waals surface area contributed by atoms with Crippen LogP contribution in [0.3, 0.4) is 0 Å². The third kappa shape index (κ3) is 2.52. The van der Waals surface area contributed by atoms with E-state index in [4.69, 9.17) is 0 Å². The Balaban J connectivity index is 2.16. The van der Waals surface area contributed by atoms with Crippen molar-refractivity contribution in [2.24, 2.45) is 0 Å². The van der Waals surface area contributed by atoms with Crippen molar-refractivity contribution >= 4 is 5.82 Å². The van der Waals surface area contributed by atoms with Gasteiger partial charge in [0, 0.05) is 30.8 Å². The van der Waals surface area contributed by atoms with Gasteiger partial charge >= 0.3 is 0 Å². The summed E-state index contributed by atoms with van der Waals surface area (Å²) in [7, 11) is 0. The van der Waals surface area contributed by atoms with Crippen LogP contribution in [0.25, 0.3) is 0 Å². The van der Waals surface area contributed by atoms with Gasteiger partial charge in [0.05, 0.1) is 6.54 Å². The average Bonchev–Trinajstić information content (AvgIpc) is 2.80. The smallest absolute Gasteiger partial charge is 0.293 e. The Morgan fingerprint density at radius 3 is 2.88 bits per heavy atom. The van der Waals surface area contributed by atoms with Gasteiger partial charge in [-0.05, 0) is 13.8 Å². The van der Waals surface area contributed by atoms with Crippen LogP contribution < -0.4 is 10.9 Å². The molecule has 2 aromatic rings. The molecule has 0 aliphatic carbocycles. The maximum atomic E-state index is 12.0. The van der Waals surface area contributed by atoms with Gasteiger partial charge in [-0.25, -0.2) is 9.97 Å². The molecule has 2 aromatic heterocycles. The SMILES string of the molecule is CC(C)n1ccnc(NCc2ncc[nH]2)c1=O. The number of aromatic amines is 1. The Kier molecular flexibility index (Phi) is 3.22. The van der Waals surface area contributed by atoms with E-state index < -0.39 is 0 Å². The molecule has 0 aromatic carbocycles. The number of nitrogens with one attached hydrogen (secondary N) is 2. The summed E-state index contributed by atoms with van der Waals surface area (Å²) in [5, 5.41) is 2.97. The summed E-state index contributed by atoms with van der Waals surface area (Å²) in [5.74, 6) is 1.11. The van der Waals surface area contributed by atoms with Crippen molar-refractivity contribution in [3.05, 3.63) is 41.0 Å². The second kappa shape index (κ2) is 4.82. The maximum Gasteiger partial charge on any atom is 0.293 e. The van der Waals surface area contributed by atoms with Crippen LogP contribution in [0.15, 0.2) is 29.6 Å². The first-order valence-corrected chi connectivity index (χ1v) is 5.47. The molecule has 2 N–H and O–H groups in total. The molecule has 90 valence electrons. The molecule has 0 bridgehead atoms. The van der Waals surface area contributed by atoms with Crippen LogP contribution in [0, 0.1) is 0 Å². The highest BCUT2D eigenvalue weighted by molar-refractivity contribution is 5.31. The molecule has 0 spiro atoms. The highest BCUT2D eigenvalue weighted by Gasteiger charge is 2.06. The topological polar surface area (TPSA) is 75.6 Å². The zero-order chi connectivity index (χ0) is 12.3. The standard InChI is InChI=1S/C11H15N5O/c1-8(2)16-6-5-14-10(11(16)17)15-7-9-12-3-4-13-9/h3-6,8H,7H2,1-2H3,(H,12,13)(H,14,15). The largest absolute Gasteiger partial charge is 0.358 e. The lowest BCUT2D eigenvalue weighted by Gasteiger charge is -2.10. The molecule has 0 fully saturated rings. The number of nitrogens with zero attached hydrogens (tertiary/aromatic N) is 3. The second-order valence-corrected chi connectivity index (χ2v) is 3.97. The number of hydrogen-bond acceptors (Lipinski definition) is 4. The molecule has 6 heteroatoms. The third-order valence-electron chi connectivity index (χ3n) is 2.40. The molecule has 0 aliphatic heterocycles. The molecule has 6 nitrogen and oxygen atoms in total. The molecule has 2 heterocycles. The zero-order valence-corrected chi connectivity index (χ0v) is 9.84. The molecule has 0 aliphatic rings. The number of rotatable bonds is 4. The molecule has 2 rings (SSSR count). The van der Waals surface area contributed by atoms with Gasteiger partial charge in [0.1, 0.15) is 5.82 Å². The molecular formula is C11H15N5O. The normalized spacial score (nSPS) is 10.8. The summed E-state index contributed by atoms with van der Waals surface area (Å²) < 4.78 is 1.64. The predicted molar refractivity (Wildman–Crippen MR) is 64.8 cm³/mol. The van der Waals surface area contributed by atoms with Crippen LogP contribution in [-0.4, -0.2) is 19.5 Å². The first-order valence-electron chi connectivity index (χ1n) is 5.47. The summed E-state index contributed by atoms with van der Waals surface area (Å²) in [6, 6.07) is 0.120. The van der Waals surface area contributed by atoms with Crippen LogP contribution in [-0.2, 0) is 6.54 Å². The first kappa shape index (κ1) is 11.4. The van der Waals surface area contributed by atoms with Gasteiger partial charge < -0.3 is 14.9 Å². The van der Waals surface area contributed by atoms with Crippen molar-refractivity contribution in [1.29, 1.82) is 0 Å². The van der Waals surface area contributed by atoms with E-state index >= 15 is 0 Å². The van der Waals surface area contributed by atoms with Gasteiger partial charge in [0.15, 0.2) is 5.82 Å². The molecule has 0 saturated carbocycles. The van der Waals surface area contributed by atoms with E-state index in [0.717, 1.165) is 5.82 Å². The second-order valence-electron chi connectivity index (χ2n) is 3.97. The molecule has 17 heavy (non-hydrogen) atoms. The van der Waals surface area contributed by atoms with Crippen LogP contribution >= 0.6 is 0 Å². The van der Waals surface area contributed by atoms with E-state index in [2.05, 4.69) is 20.3 Å². The van der Waals surface area contributed by atoms with Crippen LogP contribution in [0.2, 0.25) is 0 Å². The number of H-pyrrole nitrogens is 1. The fraction of sp³-hybridized carbons (Fsp3) is 0.364. The number of hydrogen-bond donors (Lipinski definition) is 2. The van der Waals surface area contributed by atoms with Gasteiger partial charge in [-0.1, -0.05) is 0 Å². The van der Waals surface area contributed by atoms with Crippen molar-refractivity contribution < 1.29 is 0 Å². The van der Waals surface area contributed by atoms with Gasteiger partial charge in [-0.15, -0.1) is 0 Å². The van der Waals surface area contributed by atoms with Crippen molar-refractivity contribution in [3.63, 3.8) is 0 Å². The summed E-state index contributed by atoms with van der Waals surface area (Å²) in [6.07, 6.45) is 6.71. The summed E-state index contributed by atoms with van der Waals surface area (Å²) >= 11 is 0. The van der Waals surface area contributed by atoms with Crippen molar-refractivity contribution in [3.8, 4) is 0 Å². The number of imidazole rings is 1. The fourth-order valence-electron chi connectivity index (χ4n) is 1.51. The Bertz CT molecular complexity index is 529.